The van der Waals surface area contributed by atoms with Crippen molar-refractivity contribution in [2.45, 2.75) is 32.0 Å². The molecule has 9 heteroatoms. The molecular formula is C17H19N5O3S. The Labute approximate surface area is 154 Å². The predicted molar refractivity (Wildman–Crippen MR) is 97.0 cm³/mol. The average molecular weight is 373 g/mol. The minimum Gasteiger partial charge on any atom is -0.293 e. The first-order valence-electron chi connectivity index (χ1n) is 8.27. The van der Waals surface area contributed by atoms with Gasteiger partial charge in [-0.05, 0) is 23.8 Å². The van der Waals surface area contributed by atoms with Gasteiger partial charge >= 0.3 is 0 Å². The molecule has 1 aliphatic heterocycles. The number of nitrogens with one attached hydrogen (secondary N) is 2. The van der Waals surface area contributed by atoms with Crippen LogP contribution in [0.4, 0.5) is 5.95 Å². The molecule has 1 unspecified atom stereocenters. The summed E-state index contributed by atoms with van der Waals surface area (Å²) in [6, 6.07) is 5.62. The largest absolute Gasteiger partial charge is 0.293 e. The number of fused-ring (bicyclic) bond motifs is 1. The molecule has 3 rings (SSSR count). The van der Waals surface area contributed by atoms with Crippen molar-refractivity contribution >= 4 is 35.4 Å². The van der Waals surface area contributed by atoms with Crippen molar-refractivity contribution in [3.8, 4) is 0 Å². The number of nitrogens with zero attached hydrogens (tertiary/aromatic N) is 3. The van der Waals surface area contributed by atoms with Crippen molar-refractivity contribution in [1.82, 2.24) is 20.1 Å². The molecule has 0 spiro atoms. The van der Waals surface area contributed by atoms with Gasteiger partial charge in [-0.1, -0.05) is 44.7 Å². The lowest BCUT2D eigenvalue weighted by molar-refractivity contribution is -0.121. The van der Waals surface area contributed by atoms with Gasteiger partial charge in [-0.2, -0.15) is 4.98 Å². The van der Waals surface area contributed by atoms with Crippen LogP contribution in [0, 0.1) is 5.92 Å². The third kappa shape index (κ3) is 3.22. The molecule has 136 valence electrons. The van der Waals surface area contributed by atoms with Crippen LogP contribution < -0.4 is 5.32 Å². The summed E-state index contributed by atoms with van der Waals surface area (Å²) in [5, 5.41) is 9.77. The van der Waals surface area contributed by atoms with Crippen LogP contribution in [0.5, 0.6) is 0 Å². The van der Waals surface area contributed by atoms with Gasteiger partial charge in [-0.3, -0.25) is 24.6 Å². The first kappa shape index (κ1) is 18.1. The predicted octanol–water partition coefficient (Wildman–Crippen LogP) is 2.18. The van der Waals surface area contributed by atoms with Crippen molar-refractivity contribution in [3.05, 3.63) is 35.4 Å². The van der Waals surface area contributed by atoms with E-state index in [4.69, 9.17) is 0 Å². The quantitative estimate of drug-likeness (QED) is 0.593. The van der Waals surface area contributed by atoms with Crippen molar-refractivity contribution in [2.24, 2.45) is 5.92 Å². The molecule has 0 fully saturated rings. The van der Waals surface area contributed by atoms with Gasteiger partial charge in [0.1, 0.15) is 6.04 Å². The maximum Gasteiger partial charge on any atom is 0.262 e. The number of aromatic amines is 1. The van der Waals surface area contributed by atoms with Crippen LogP contribution >= 0.6 is 11.8 Å². The summed E-state index contributed by atoms with van der Waals surface area (Å²) in [7, 11) is 0. The molecular weight excluding hydrogens is 354 g/mol. The van der Waals surface area contributed by atoms with Crippen molar-refractivity contribution in [3.63, 3.8) is 0 Å². The highest BCUT2D eigenvalue weighted by Gasteiger charge is 2.44. The summed E-state index contributed by atoms with van der Waals surface area (Å²) in [4.78, 5) is 43.4. The van der Waals surface area contributed by atoms with Gasteiger partial charge < -0.3 is 0 Å². The lowest BCUT2D eigenvalue weighted by Gasteiger charge is -2.27. The number of anilines is 1. The molecule has 1 atom stereocenters. The number of carbonyl (C=O) groups excluding carboxylic acids is 3. The van der Waals surface area contributed by atoms with Crippen molar-refractivity contribution in [1.29, 1.82) is 0 Å². The van der Waals surface area contributed by atoms with Crippen LogP contribution in [0.1, 0.15) is 41.5 Å². The molecule has 1 aliphatic rings. The smallest absolute Gasteiger partial charge is 0.262 e. The summed E-state index contributed by atoms with van der Waals surface area (Å²) >= 11 is 1.43. The number of rotatable bonds is 6. The zero-order valence-corrected chi connectivity index (χ0v) is 15.5. The van der Waals surface area contributed by atoms with E-state index in [0.717, 1.165) is 10.7 Å². The Bertz CT molecular complexity index is 829. The molecule has 2 aromatic rings. The van der Waals surface area contributed by atoms with E-state index in [1.54, 1.807) is 38.1 Å². The summed E-state index contributed by atoms with van der Waals surface area (Å²) in [5.41, 5.74) is 0.634. The average Bonchev–Trinajstić information content (AvgIpc) is 3.14. The minimum atomic E-state index is -0.949. The summed E-state index contributed by atoms with van der Waals surface area (Å²) < 4.78 is 0. The Morgan fingerprint density at radius 1 is 1.23 bits per heavy atom. The molecule has 3 amide bonds. The van der Waals surface area contributed by atoms with Gasteiger partial charge in [0.2, 0.25) is 17.0 Å². The van der Waals surface area contributed by atoms with E-state index >= 15 is 0 Å². The van der Waals surface area contributed by atoms with E-state index in [1.165, 1.54) is 11.8 Å². The van der Waals surface area contributed by atoms with E-state index in [1.807, 2.05) is 6.92 Å². The Morgan fingerprint density at radius 3 is 2.38 bits per heavy atom. The van der Waals surface area contributed by atoms with Crippen LogP contribution in [0.25, 0.3) is 0 Å². The molecule has 0 saturated carbocycles. The molecule has 0 radical (unpaired) electrons. The Balaban J connectivity index is 1.84. The molecule has 2 heterocycles. The second-order valence-corrected chi connectivity index (χ2v) is 7.33. The fraction of sp³-hybridized carbons (Fsp3) is 0.353. The number of hydrogen-bond donors (Lipinski definition) is 2. The summed E-state index contributed by atoms with van der Waals surface area (Å²) in [6.45, 7) is 5.54. The standard InChI is InChI=1S/C17H19N5O3S/c1-4-26-17-19-16(20-21-17)18-13(23)12(9(2)3)22-14(24)10-7-5-6-8-11(10)15(22)25/h5-9,12H,4H2,1-3H3,(H2,18,19,20,21,23). The van der Waals surface area contributed by atoms with Crippen molar-refractivity contribution < 1.29 is 14.4 Å². The zero-order valence-electron chi connectivity index (χ0n) is 14.6. The number of aromatic nitrogens is 3. The molecule has 0 aliphatic carbocycles. The van der Waals surface area contributed by atoms with Gasteiger partial charge in [0, 0.05) is 0 Å². The van der Waals surface area contributed by atoms with E-state index < -0.39 is 23.8 Å². The maximum atomic E-state index is 12.8. The Morgan fingerprint density at radius 2 is 1.85 bits per heavy atom. The van der Waals surface area contributed by atoms with Crippen LogP contribution in [0.3, 0.4) is 0 Å². The molecule has 0 saturated heterocycles. The molecule has 1 aromatic heterocycles. The second kappa shape index (κ2) is 7.28. The molecule has 1 aromatic carbocycles. The maximum absolute atomic E-state index is 12.8. The van der Waals surface area contributed by atoms with Crippen LogP contribution in [0.15, 0.2) is 29.4 Å². The lowest BCUT2D eigenvalue weighted by atomic mass is 10.0. The lowest BCUT2D eigenvalue weighted by Crippen LogP contribution is -2.50. The van der Waals surface area contributed by atoms with Gasteiger partial charge in [0.15, 0.2) is 0 Å². The number of amides is 3. The van der Waals surface area contributed by atoms with Crippen LogP contribution in [0.2, 0.25) is 0 Å². The Kier molecular flexibility index (Phi) is 5.08. The molecule has 26 heavy (non-hydrogen) atoms. The highest BCUT2D eigenvalue weighted by Crippen LogP contribution is 2.27. The number of thioether (sulfide) groups is 1. The fourth-order valence-corrected chi connectivity index (χ4v) is 3.39. The van der Waals surface area contributed by atoms with Crippen LogP contribution in [-0.2, 0) is 4.79 Å². The monoisotopic (exact) mass is 373 g/mol. The van der Waals surface area contributed by atoms with Gasteiger partial charge in [-0.15, -0.1) is 5.10 Å². The number of H-pyrrole nitrogens is 1. The molecule has 0 bridgehead atoms. The van der Waals surface area contributed by atoms with Crippen LogP contribution in [-0.4, -0.2) is 49.6 Å². The van der Waals surface area contributed by atoms with E-state index in [0.29, 0.717) is 16.3 Å². The first-order valence-corrected chi connectivity index (χ1v) is 9.25. The fourth-order valence-electron chi connectivity index (χ4n) is 2.87. The van der Waals surface area contributed by atoms with Crippen molar-refractivity contribution in [2.75, 3.05) is 11.1 Å². The number of benzene rings is 1. The van der Waals surface area contributed by atoms with E-state index in [9.17, 15) is 14.4 Å². The van der Waals surface area contributed by atoms with Gasteiger partial charge in [-0.25, -0.2) is 5.10 Å². The highest BCUT2D eigenvalue weighted by atomic mass is 32.2. The van der Waals surface area contributed by atoms with Gasteiger partial charge in [0.25, 0.3) is 11.8 Å². The topological polar surface area (TPSA) is 108 Å². The second-order valence-electron chi connectivity index (χ2n) is 6.10. The van der Waals surface area contributed by atoms with E-state index in [-0.39, 0.29) is 11.9 Å². The zero-order chi connectivity index (χ0) is 18.8. The normalized spacial score (nSPS) is 14.7. The number of hydrogen-bond acceptors (Lipinski definition) is 6. The third-order valence-electron chi connectivity index (χ3n) is 3.98. The molecule has 8 nitrogen and oxygen atoms in total. The number of imide groups is 1. The minimum absolute atomic E-state index is 0.188. The summed E-state index contributed by atoms with van der Waals surface area (Å²) in [5.74, 6) is -0.690. The summed E-state index contributed by atoms with van der Waals surface area (Å²) in [6.07, 6.45) is 0. The third-order valence-corrected chi connectivity index (χ3v) is 4.71. The Hall–Kier alpha value is -2.68. The molecule has 2 N–H and O–H groups in total. The van der Waals surface area contributed by atoms with E-state index in [2.05, 4.69) is 20.5 Å². The SMILES string of the molecule is CCSc1n[nH]c(NC(=O)C(C(C)C)N2C(=O)c3ccccc3C2=O)n1. The first-order chi connectivity index (χ1) is 12.4. The van der Waals surface area contributed by atoms with Gasteiger partial charge in [0.05, 0.1) is 11.1 Å². The number of carbonyl (C=O) groups is 3. The highest BCUT2D eigenvalue weighted by molar-refractivity contribution is 7.99.